The molecule has 3 nitrogen and oxygen atoms in total. The molecule has 0 saturated carbocycles. The fraction of sp³-hybridized carbons (Fsp3) is 0.538. The molecular weight excluding hydrogens is 253 g/mol. The Morgan fingerprint density at radius 2 is 1.83 bits per heavy atom. The third-order valence-corrected chi connectivity index (χ3v) is 5.18. The fourth-order valence-corrected chi connectivity index (χ4v) is 4.00. The predicted octanol–water partition coefficient (Wildman–Crippen LogP) is 2.64. The van der Waals surface area contributed by atoms with Crippen LogP contribution in [0.4, 0.5) is 4.39 Å². The first-order chi connectivity index (χ1) is 8.31. The van der Waals surface area contributed by atoms with E-state index >= 15 is 0 Å². The Bertz CT molecular complexity index is 522. The van der Waals surface area contributed by atoms with E-state index in [0.717, 1.165) is 12.8 Å². The van der Waals surface area contributed by atoms with Gasteiger partial charge in [0, 0.05) is 13.1 Å². The first-order valence-electron chi connectivity index (χ1n) is 6.07. The lowest BCUT2D eigenvalue weighted by Crippen LogP contribution is -2.43. The van der Waals surface area contributed by atoms with Crippen LogP contribution < -0.4 is 0 Å². The quantitative estimate of drug-likeness (QED) is 0.829. The summed E-state index contributed by atoms with van der Waals surface area (Å²) in [5, 5.41) is 0. The van der Waals surface area contributed by atoms with Crippen molar-refractivity contribution in [1.29, 1.82) is 0 Å². The van der Waals surface area contributed by atoms with Crippen LogP contribution in [0.2, 0.25) is 0 Å². The van der Waals surface area contributed by atoms with Crippen molar-refractivity contribution in [2.24, 2.45) is 5.41 Å². The van der Waals surface area contributed by atoms with Crippen molar-refractivity contribution in [2.75, 3.05) is 13.1 Å². The molecule has 0 atom stereocenters. The van der Waals surface area contributed by atoms with Gasteiger partial charge in [-0.2, -0.15) is 4.31 Å². The molecule has 2 rings (SSSR count). The molecule has 1 saturated heterocycles. The van der Waals surface area contributed by atoms with Gasteiger partial charge in [-0.25, -0.2) is 12.8 Å². The minimum Gasteiger partial charge on any atom is -0.207 e. The normalized spacial score (nSPS) is 20.8. The second-order valence-corrected chi connectivity index (χ2v) is 7.50. The molecule has 1 aliphatic rings. The maximum absolute atomic E-state index is 12.8. The van der Waals surface area contributed by atoms with Gasteiger partial charge in [-0.3, -0.25) is 0 Å². The summed E-state index contributed by atoms with van der Waals surface area (Å²) in [6.45, 7) is 5.20. The van der Waals surface area contributed by atoms with Crippen molar-refractivity contribution in [3.8, 4) is 0 Å². The third-order valence-electron chi connectivity index (χ3n) is 3.32. The van der Waals surface area contributed by atoms with E-state index in [-0.39, 0.29) is 10.3 Å². The van der Waals surface area contributed by atoms with Crippen LogP contribution in [0.15, 0.2) is 29.2 Å². The SMILES string of the molecule is CC1(C)CCCN(S(=O)(=O)c2ccc(F)cc2)C1. The number of halogens is 1. The summed E-state index contributed by atoms with van der Waals surface area (Å²) in [5.74, 6) is -0.423. The van der Waals surface area contributed by atoms with Gasteiger partial charge in [-0.1, -0.05) is 13.8 Å². The van der Waals surface area contributed by atoms with Crippen LogP contribution in [0.5, 0.6) is 0 Å². The Balaban J connectivity index is 2.28. The lowest BCUT2D eigenvalue weighted by atomic mass is 9.85. The molecule has 0 radical (unpaired) electrons. The first kappa shape index (κ1) is 13.5. The van der Waals surface area contributed by atoms with Crippen molar-refractivity contribution >= 4 is 10.0 Å². The molecular formula is C13H18FNO2S. The van der Waals surface area contributed by atoms with Crippen LogP contribution in [0.1, 0.15) is 26.7 Å². The summed E-state index contributed by atoms with van der Waals surface area (Å²) >= 11 is 0. The second kappa shape index (κ2) is 4.63. The zero-order valence-corrected chi connectivity index (χ0v) is 11.5. The van der Waals surface area contributed by atoms with Crippen LogP contribution in [-0.2, 0) is 10.0 Å². The molecule has 1 heterocycles. The average Bonchev–Trinajstić information content (AvgIpc) is 2.28. The summed E-state index contributed by atoms with van der Waals surface area (Å²) in [5.41, 5.74) is 0.00531. The number of benzene rings is 1. The number of rotatable bonds is 2. The smallest absolute Gasteiger partial charge is 0.207 e. The zero-order chi connectivity index (χ0) is 13.4. The molecule has 0 N–H and O–H groups in total. The highest BCUT2D eigenvalue weighted by atomic mass is 32.2. The van der Waals surface area contributed by atoms with Gasteiger partial charge in [0.2, 0.25) is 10.0 Å². The van der Waals surface area contributed by atoms with Crippen LogP contribution in [0.25, 0.3) is 0 Å². The van der Waals surface area contributed by atoms with Crippen molar-refractivity contribution in [3.63, 3.8) is 0 Å². The van der Waals surface area contributed by atoms with Gasteiger partial charge in [-0.05, 0) is 42.5 Å². The van der Waals surface area contributed by atoms with Crippen LogP contribution >= 0.6 is 0 Å². The van der Waals surface area contributed by atoms with E-state index in [1.165, 1.54) is 28.6 Å². The molecule has 1 aromatic rings. The minimum absolute atomic E-state index is 0.00531. The Labute approximate surface area is 108 Å². The highest BCUT2D eigenvalue weighted by molar-refractivity contribution is 7.89. The van der Waals surface area contributed by atoms with Gasteiger partial charge in [0.1, 0.15) is 5.82 Å². The molecule has 100 valence electrons. The summed E-state index contributed by atoms with van der Waals surface area (Å²) in [4.78, 5) is 0.168. The van der Waals surface area contributed by atoms with Crippen molar-refractivity contribution in [2.45, 2.75) is 31.6 Å². The monoisotopic (exact) mass is 271 g/mol. The molecule has 0 spiro atoms. The summed E-state index contributed by atoms with van der Waals surface area (Å²) in [6.07, 6.45) is 1.90. The maximum atomic E-state index is 12.8. The molecule has 0 unspecified atom stereocenters. The van der Waals surface area contributed by atoms with Gasteiger partial charge in [0.15, 0.2) is 0 Å². The first-order valence-corrected chi connectivity index (χ1v) is 7.51. The average molecular weight is 271 g/mol. The van der Waals surface area contributed by atoms with Crippen LogP contribution in [0, 0.1) is 11.2 Å². The zero-order valence-electron chi connectivity index (χ0n) is 10.7. The molecule has 0 amide bonds. The van der Waals surface area contributed by atoms with E-state index in [2.05, 4.69) is 13.8 Å². The van der Waals surface area contributed by atoms with E-state index in [1.54, 1.807) is 0 Å². The Morgan fingerprint density at radius 1 is 1.22 bits per heavy atom. The molecule has 18 heavy (non-hydrogen) atoms. The topological polar surface area (TPSA) is 37.4 Å². The largest absolute Gasteiger partial charge is 0.243 e. The number of piperidine rings is 1. The molecule has 0 aromatic heterocycles. The van der Waals surface area contributed by atoms with E-state index in [9.17, 15) is 12.8 Å². The number of hydrogen-bond donors (Lipinski definition) is 0. The molecule has 1 aromatic carbocycles. The molecule has 1 aliphatic heterocycles. The fourth-order valence-electron chi connectivity index (χ4n) is 2.33. The lowest BCUT2D eigenvalue weighted by molar-refractivity contribution is 0.187. The minimum atomic E-state index is -3.48. The third kappa shape index (κ3) is 2.72. The maximum Gasteiger partial charge on any atom is 0.243 e. The van der Waals surface area contributed by atoms with E-state index in [0.29, 0.717) is 13.1 Å². The van der Waals surface area contributed by atoms with Crippen LogP contribution in [0.3, 0.4) is 0 Å². The molecule has 5 heteroatoms. The highest BCUT2D eigenvalue weighted by Crippen LogP contribution is 2.31. The predicted molar refractivity (Wildman–Crippen MR) is 68.2 cm³/mol. The number of hydrogen-bond acceptors (Lipinski definition) is 2. The number of sulfonamides is 1. The van der Waals surface area contributed by atoms with E-state index in [4.69, 9.17) is 0 Å². The Kier molecular flexibility index (Phi) is 3.47. The molecule has 0 aliphatic carbocycles. The summed E-state index contributed by atoms with van der Waals surface area (Å²) < 4.78 is 39.1. The van der Waals surface area contributed by atoms with Gasteiger partial charge in [-0.15, -0.1) is 0 Å². The standard InChI is InChI=1S/C13H18FNO2S/c1-13(2)8-3-9-15(10-13)18(16,17)12-6-4-11(14)5-7-12/h4-7H,3,8-10H2,1-2H3. The van der Waals surface area contributed by atoms with Gasteiger partial charge in [0.05, 0.1) is 4.90 Å². The van der Waals surface area contributed by atoms with Gasteiger partial charge < -0.3 is 0 Å². The van der Waals surface area contributed by atoms with Crippen LogP contribution in [-0.4, -0.2) is 25.8 Å². The summed E-state index contributed by atoms with van der Waals surface area (Å²) in [7, 11) is -3.48. The molecule has 0 bridgehead atoms. The van der Waals surface area contributed by atoms with Crippen molar-refractivity contribution in [1.82, 2.24) is 4.31 Å². The number of nitrogens with zero attached hydrogens (tertiary/aromatic N) is 1. The van der Waals surface area contributed by atoms with E-state index < -0.39 is 15.8 Å². The van der Waals surface area contributed by atoms with Crippen molar-refractivity contribution in [3.05, 3.63) is 30.1 Å². The highest BCUT2D eigenvalue weighted by Gasteiger charge is 2.33. The van der Waals surface area contributed by atoms with E-state index in [1.807, 2.05) is 0 Å². The Morgan fingerprint density at radius 3 is 2.39 bits per heavy atom. The van der Waals surface area contributed by atoms with Gasteiger partial charge >= 0.3 is 0 Å². The lowest BCUT2D eigenvalue weighted by Gasteiger charge is -2.37. The molecule has 1 fully saturated rings. The second-order valence-electron chi connectivity index (χ2n) is 5.56. The Hall–Kier alpha value is -0.940. The van der Waals surface area contributed by atoms with Gasteiger partial charge in [0.25, 0.3) is 0 Å². The van der Waals surface area contributed by atoms with Crippen molar-refractivity contribution < 1.29 is 12.8 Å². The summed E-state index contributed by atoms with van der Waals surface area (Å²) in [6, 6.07) is 5.02.